The maximum absolute atomic E-state index is 10.3. The Morgan fingerprint density at radius 1 is 0.640 bits per heavy atom. The molecule has 0 aliphatic rings. The van der Waals surface area contributed by atoms with E-state index in [1.54, 1.807) is 0 Å². The molecule has 0 aliphatic heterocycles. The second-order valence-corrected chi connectivity index (χ2v) is 6.09. The Labute approximate surface area is 197 Å². The van der Waals surface area contributed by atoms with Crippen LogP contribution in [0.1, 0.15) is 110 Å². The van der Waals surface area contributed by atoms with Crippen molar-refractivity contribution in [1.29, 1.82) is 0 Å². The fraction of sp³-hybridized carbons (Fsp3) is 0.944. The van der Waals surface area contributed by atoms with Crippen LogP contribution in [-0.2, 0) is 26.6 Å². The molecule has 0 unspecified atom stereocenters. The van der Waals surface area contributed by atoms with Gasteiger partial charge in [0.2, 0.25) is 0 Å². The molecule has 0 aliphatic carbocycles. The van der Waals surface area contributed by atoms with Crippen molar-refractivity contribution in [2.45, 2.75) is 110 Å². The van der Waals surface area contributed by atoms with E-state index < -0.39 is 5.97 Å². The van der Waals surface area contributed by atoms with Crippen LogP contribution in [0.3, 0.4) is 0 Å². The second kappa shape index (κ2) is 36.3. The van der Waals surface area contributed by atoms with Crippen LogP contribution in [0, 0.1) is 0 Å². The van der Waals surface area contributed by atoms with E-state index in [1.165, 1.54) is 83.5 Å². The summed E-state index contributed by atoms with van der Waals surface area (Å²) in [5.41, 5.74) is 0. The summed E-state index contributed by atoms with van der Waals surface area (Å²) in [4.78, 5) is 10.3. The molecule has 0 heterocycles. The molecule has 0 bridgehead atoms. The first-order chi connectivity index (χ1) is 10.8. The zero-order chi connectivity index (χ0) is 16.9. The molecule has 144 valence electrons. The minimum atomic E-state index is -0.653. The fourth-order valence-electron chi connectivity index (χ4n) is 2.65. The Morgan fingerprint density at radius 3 is 1.12 bits per heavy atom. The molecule has 0 aromatic rings. The van der Waals surface area contributed by atoms with Crippen molar-refractivity contribution >= 4 is 52.1 Å². The normalized spacial score (nSPS) is 8.92. The summed E-state index contributed by atoms with van der Waals surface area (Å²) in [6.45, 7) is 2.27. The third-order valence-electron chi connectivity index (χ3n) is 3.99. The van der Waals surface area contributed by atoms with Gasteiger partial charge in [-0.3, -0.25) is 4.79 Å². The van der Waals surface area contributed by atoms with Crippen LogP contribution in [0.25, 0.3) is 0 Å². The van der Waals surface area contributed by atoms with Gasteiger partial charge in [0.05, 0.1) is 0 Å². The molecule has 4 nitrogen and oxygen atoms in total. The fourth-order valence-corrected chi connectivity index (χ4v) is 2.65. The summed E-state index contributed by atoms with van der Waals surface area (Å²) in [5, 5.41) is 8.52. The molecule has 0 aromatic heterocycles. The van der Waals surface area contributed by atoms with Crippen molar-refractivity contribution in [2.75, 3.05) is 0 Å². The van der Waals surface area contributed by atoms with Crippen LogP contribution in [0.2, 0.25) is 0 Å². The van der Waals surface area contributed by atoms with Gasteiger partial charge in [-0.25, -0.2) is 0 Å². The molecule has 7 heteroatoms. The number of carboxylic acid groups (broad SMARTS) is 1. The van der Waals surface area contributed by atoms with Gasteiger partial charge < -0.3 is 10.6 Å². The van der Waals surface area contributed by atoms with Gasteiger partial charge in [0.1, 0.15) is 0 Å². The van der Waals surface area contributed by atoms with Gasteiger partial charge in [-0.2, -0.15) is 0 Å². The van der Waals surface area contributed by atoms with E-state index >= 15 is 0 Å². The second-order valence-electron chi connectivity index (χ2n) is 6.09. The Balaban J connectivity index is -0.000000256. The van der Waals surface area contributed by atoms with Gasteiger partial charge in [0, 0.05) is 6.42 Å². The van der Waals surface area contributed by atoms with Crippen LogP contribution >= 0.6 is 0 Å². The van der Waals surface area contributed by atoms with E-state index in [4.69, 9.17) is 8.68 Å². The number of unbranched alkanes of at least 4 members (excludes halogenated alkanes) is 14. The van der Waals surface area contributed by atoms with Gasteiger partial charge >= 0.3 is 73.9 Å². The van der Waals surface area contributed by atoms with E-state index in [9.17, 15) is 4.79 Å². The van der Waals surface area contributed by atoms with E-state index in [0.29, 0.717) is 6.42 Å². The first kappa shape index (κ1) is 37.2. The number of rotatable bonds is 16. The zero-order valence-electron chi connectivity index (χ0n) is 15.3. The monoisotopic (exact) mass is 434 g/mol. The summed E-state index contributed by atoms with van der Waals surface area (Å²) in [5.74, 6) is -0.653. The first-order valence-electron chi connectivity index (χ1n) is 9.28. The molecule has 0 spiro atoms. The molecular formula is C18H42Mg2O4Zn. The molecular weight excluding hydrogens is 394 g/mol. The molecule has 0 atom stereocenters. The standard InChI is InChI=1S/C18H36O2.2Mg.H2O.O.Zn.4H/c1-2-3-4-5-6-7-8-9-10-11-12-13-14-15-16-17-18(19)20;;;;;;;;;/h2-17H2,1H3,(H,19,20);;;1H2;;;;;;. The predicted molar refractivity (Wildman–Crippen MR) is 109 cm³/mol. The summed E-state index contributed by atoms with van der Waals surface area (Å²) >= 11 is 0.125. The summed E-state index contributed by atoms with van der Waals surface area (Å²) in [7, 11) is 0. The predicted octanol–water partition coefficient (Wildman–Crippen LogP) is 3.55. The average molecular weight is 437 g/mol. The van der Waals surface area contributed by atoms with Crippen LogP contribution in [0.5, 0.6) is 0 Å². The number of hydrogen-bond donors (Lipinski definition) is 1. The molecule has 0 saturated carbocycles. The molecule has 0 aromatic carbocycles. The summed E-state index contributed by atoms with van der Waals surface area (Å²) in [6, 6.07) is 0. The molecule has 0 amide bonds. The minimum absolute atomic E-state index is 0. The van der Waals surface area contributed by atoms with Crippen molar-refractivity contribution in [1.82, 2.24) is 0 Å². The molecule has 0 saturated heterocycles. The van der Waals surface area contributed by atoms with E-state index in [1.807, 2.05) is 0 Å². The van der Waals surface area contributed by atoms with E-state index in [0.717, 1.165) is 12.8 Å². The van der Waals surface area contributed by atoms with Crippen molar-refractivity contribution in [2.24, 2.45) is 0 Å². The Morgan fingerprint density at radius 2 is 0.880 bits per heavy atom. The maximum atomic E-state index is 10.3. The van der Waals surface area contributed by atoms with Crippen molar-refractivity contribution in [3.05, 3.63) is 0 Å². The van der Waals surface area contributed by atoms with Gasteiger partial charge in [-0.05, 0) is 6.42 Å². The van der Waals surface area contributed by atoms with E-state index in [2.05, 4.69) is 6.92 Å². The quantitative estimate of drug-likeness (QED) is 0.297. The third kappa shape index (κ3) is 41.1. The van der Waals surface area contributed by atoms with Crippen molar-refractivity contribution in [3.63, 3.8) is 0 Å². The van der Waals surface area contributed by atoms with Crippen LogP contribution in [-0.4, -0.2) is 62.7 Å². The SMILES string of the molecule is CCCCCCCCCCCCCCCCCC(=O)O.O.[MgH2].[MgH2].[O]=[Zn]. The van der Waals surface area contributed by atoms with Gasteiger partial charge in [0.15, 0.2) is 0 Å². The first-order valence-corrected chi connectivity index (χ1v) is 10.5. The Kier molecular flexibility index (Phi) is 54.0. The number of carbonyl (C=O) groups is 1. The summed E-state index contributed by atoms with van der Waals surface area (Å²) < 4.78 is 8.38. The number of carboxylic acids is 1. The number of hydrogen-bond acceptors (Lipinski definition) is 2. The summed E-state index contributed by atoms with van der Waals surface area (Å²) in [6.07, 6.45) is 20.2. The van der Waals surface area contributed by atoms with Crippen molar-refractivity contribution < 1.29 is 37.2 Å². The van der Waals surface area contributed by atoms with Crippen LogP contribution < -0.4 is 0 Å². The van der Waals surface area contributed by atoms with E-state index in [-0.39, 0.29) is 69.8 Å². The van der Waals surface area contributed by atoms with Crippen LogP contribution in [0.4, 0.5) is 0 Å². The molecule has 3 N–H and O–H groups in total. The molecule has 0 fully saturated rings. The zero-order valence-corrected chi connectivity index (χ0v) is 18.3. The van der Waals surface area contributed by atoms with Gasteiger partial charge in [-0.15, -0.1) is 0 Å². The van der Waals surface area contributed by atoms with Gasteiger partial charge in [-0.1, -0.05) is 96.8 Å². The Bertz CT molecular complexity index is 235. The number of aliphatic carboxylic acids is 1. The average Bonchev–Trinajstić information content (AvgIpc) is 2.53. The topological polar surface area (TPSA) is 85.9 Å². The van der Waals surface area contributed by atoms with Gasteiger partial charge in [0.25, 0.3) is 0 Å². The molecule has 0 radical (unpaired) electrons. The van der Waals surface area contributed by atoms with Crippen molar-refractivity contribution in [3.8, 4) is 0 Å². The molecule has 0 rings (SSSR count). The Hall–Kier alpha value is 1.39. The van der Waals surface area contributed by atoms with Crippen LogP contribution in [0.15, 0.2) is 0 Å². The molecule has 25 heavy (non-hydrogen) atoms. The third-order valence-corrected chi connectivity index (χ3v) is 3.99.